The molecule has 0 N–H and O–H groups in total. The minimum Gasteiger partial charge on any atom is -0.447 e. The molecule has 1 aliphatic heterocycles. The molecule has 3 aromatic rings. The summed E-state index contributed by atoms with van der Waals surface area (Å²) in [5.41, 5.74) is 3.12. The number of ether oxygens (including phenoxy) is 1. The molecule has 186 valence electrons. The van der Waals surface area contributed by atoms with Crippen molar-refractivity contribution in [1.29, 1.82) is 0 Å². The van der Waals surface area contributed by atoms with Crippen molar-refractivity contribution in [2.75, 3.05) is 6.61 Å². The molecule has 6 heteroatoms. The van der Waals surface area contributed by atoms with Crippen molar-refractivity contribution in [2.45, 2.75) is 51.0 Å². The van der Waals surface area contributed by atoms with Gasteiger partial charge >= 0.3 is 6.09 Å². The van der Waals surface area contributed by atoms with E-state index in [4.69, 9.17) is 4.74 Å². The smallest absolute Gasteiger partial charge is 0.416 e. The van der Waals surface area contributed by atoms with Crippen molar-refractivity contribution in [1.82, 2.24) is 9.88 Å². The molecule has 1 aromatic heterocycles. The Hall–Kier alpha value is -3.28. The van der Waals surface area contributed by atoms with Gasteiger partial charge in [0.2, 0.25) is 5.91 Å². The van der Waals surface area contributed by atoms with Gasteiger partial charge in [-0.05, 0) is 91.2 Å². The molecular weight excluding hydrogens is 455 g/mol. The molecule has 0 radical (unpaired) electrons. The molecular formula is C30H31FN2O3. The summed E-state index contributed by atoms with van der Waals surface area (Å²) in [6.07, 6.45) is 6.04. The van der Waals surface area contributed by atoms with E-state index in [1.807, 2.05) is 49.5 Å². The van der Waals surface area contributed by atoms with Crippen molar-refractivity contribution in [3.8, 4) is 0 Å². The molecule has 6 rings (SSSR count). The molecule has 6 atom stereocenters. The first-order valence-corrected chi connectivity index (χ1v) is 13.1. The number of hydrogen-bond donors (Lipinski definition) is 0. The molecule has 5 nitrogen and oxygen atoms in total. The van der Waals surface area contributed by atoms with Crippen LogP contribution in [0.2, 0.25) is 0 Å². The Bertz CT molecular complexity index is 1280. The van der Waals surface area contributed by atoms with Gasteiger partial charge in [-0.3, -0.25) is 9.78 Å². The molecule has 2 aliphatic carbocycles. The lowest BCUT2D eigenvalue weighted by molar-refractivity contribution is -0.134. The number of carbonyl (C=O) groups is 2. The Kier molecular flexibility index (Phi) is 5.98. The molecule has 3 aliphatic rings. The Labute approximate surface area is 210 Å². The highest BCUT2D eigenvalue weighted by molar-refractivity contribution is 5.94. The Morgan fingerprint density at radius 2 is 1.83 bits per heavy atom. The molecule has 1 saturated heterocycles. The first kappa shape index (κ1) is 23.1. The number of carbonyl (C=O) groups excluding carboxylic acids is 2. The van der Waals surface area contributed by atoms with Crippen LogP contribution in [0.15, 0.2) is 60.8 Å². The summed E-state index contributed by atoms with van der Waals surface area (Å²) < 4.78 is 19.3. The minimum absolute atomic E-state index is 0.101. The van der Waals surface area contributed by atoms with Crippen LogP contribution >= 0.6 is 0 Å². The number of pyridine rings is 1. The van der Waals surface area contributed by atoms with Gasteiger partial charge in [-0.1, -0.05) is 37.3 Å². The maximum absolute atomic E-state index is 14.0. The van der Waals surface area contributed by atoms with Gasteiger partial charge in [0.25, 0.3) is 0 Å². The Morgan fingerprint density at radius 1 is 1.08 bits per heavy atom. The zero-order valence-corrected chi connectivity index (χ0v) is 20.5. The van der Waals surface area contributed by atoms with Crippen molar-refractivity contribution < 1.29 is 18.7 Å². The maximum atomic E-state index is 14.0. The van der Waals surface area contributed by atoms with Gasteiger partial charge in [0.15, 0.2) is 0 Å². The Balaban J connectivity index is 1.12. The highest BCUT2D eigenvalue weighted by Gasteiger charge is 2.47. The average molecular weight is 487 g/mol. The van der Waals surface area contributed by atoms with Crippen LogP contribution in [0.25, 0.3) is 10.9 Å². The summed E-state index contributed by atoms with van der Waals surface area (Å²) >= 11 is 0. The number of nitrogens with zero attached hydrogens (tertiary/aromatic N) is 2. The number of aromatic nitrogens is 1. The lowest BCUT2D eigenvalue weighted by Crippen LogP contribution is -2.44. The zero-order chi connectivity index (χ0) is 24.8. The van der Waals surface area contributed by atoms with Gasteiger partial charge in [0.1, 0.15) is 12.4 Å². The monoisotopic (exact) mass is 486 g/mol. The van der Waals surface area contributed by atoms with Crippen LogP contribution in [-0.4, -0.2) is 34.5 Å². The molecule has 2 heterocycles. The lowest BCUT2D eigenvalue weighted by atomic mass is 9.85. The minimum atomic E-state index is -0.511. The summed E-state index contributed by atoms with van der Waals surface area (Å²) in [5, 5.41) is 0.916. The van der Waals surface area contributed by atoms with Crippen LogP contribution in [0.1, 0.15) is 49.7 Å². The first-order chi connectivity index (χ1) is 17.5. The molecule has 2 amide bonds. The number of hydrogen-bond acceptors (Lipinski definition) is 4. The predicted octanol–water partition coefficient (Wildman–Crippen LogP) is 6.12. The maximum Gasteiger partial charge on any atom is 0.416 e. The number of rotatable bonds is 5. The quantitative estimate of drug-likeness (QED) is 0.436. The van der Waals surface area contributed by atoms with E-state index in [0.717, 1.165) is 42.1 Å². The summed E-state index contributed by atoms with van der Waals surface area (Å²) in [7, 11) is 0. The van der Waals surface area contributed by atoms with Crippen LogP contribution in [0.5, 0.6) is 0 Å². The number of amides is 2. The Morgan fingerprint density at radius 3 is 2.58 bits per heavy atom. The van der Waals surface area contributed by atoms with Gasteiger partial charge in [-0.25, -0.2) is 14.1 Å². The zero-order valence-electron chi connectivity index (χ0n) is 20.5. The third kappa shape index (κ3) is 4.16. The second-order valence-corrected chi connectivity index (χ2v) is 10.9. The van der Waals surface area contributed by atoms with Gasteiger partial charge in [0.05, 0.1) is 11.6 Å². The summed E-state index contributed by atoms with van der Waals surface area (Å²) in [6.45, 7) is 2.24. The topological polar surface area (TPSA) is 59.5 Å². The molecule has 2 saturated carbocycles. The summed E-state index contributed by atoms with van der Waals surface area (Å²) in [5.74, 6) is 1.22. The number of fused-ring (bicyclic) bond motifs is 2. The first-order valence-electron chi connectivity index (χ1n) is 13.1. The van der Waals surface area contributed by atoms with Crippen LogP contribution in [0, 0.1) is 29.5 Å². The summed E-state index contributed by atoms with van der Waals surface area (Å²) in [4.78, 5) is 31.8. The summed E-state index contributed by atoms with van der Waals surface area (Å²) in [6, 6.07) is 16.6. The van der Waals surface area contributed by atoms with E-state index >= 15 is 0 Å². The van der Waals surface area contributed by atoms with E-state index < -0.39 is 6.09 Å². The molecule has 2 aromatic carbocycles. The largest absolute Gasteiger partial charge is 0.447 e. The molecule has 36 heavy (non-hydrogen) atoms. The van der Waals surface area contributed by atoms with Crippen molar-refractivity contribution >= 4 is 22.9 Å². The van der Waals surface area contributed by atoms with E-state index in [1.54, 1.807) is 12.1 Å². The lowest BCUT2D eigenvalue weighted by Gasteiger charge is -2.27. The van der Waals surface area contributed by atoms with Crippen molar-refractivity contribution in [3.63, 3.8) is 0 Å². The van der Waals surface area contributed by atoms with Crippen molar-refractivity contribution in [2.24, 2.45) is 23.7 Å². The number of benzene rings is 2. The van der Waals surface area contributed by atoms with Crippen LogP contribution in [0.3, 0.4) is 0 Å². The van der Waals surface area contributed by atoms with Gasteiger partial charge in [-0.15, -0.1) is 0 Å². The normalized spacial score (nSPS) is 28.3. The highest BCUT2D eigenvalue weighted by Crippen LogP contribution is 2.54. The van der Waals surface area contributed by atoms with E-state index in [2.05, 4.69) is 4.98 Å². The predicted molar refractivity (Wildman–Crippen MR) is 135 cm³/mol. The number of imide groups is 1. The molecule has 3 fully saturated rings. The standard InChI is InChI=1S/C30H31FN2O3/c1-18(29(34)33-25(17-36-30(33)35)11-19-5-3-2-4-6-19)20-12-21-14-23(15-22(21)13-20)26-9-10-32-28-8-7-24(31)16-27(26)28/h2-10,16,18,20-23,25H,11-15,17H2,1H3/t18-,20?,21-,22+,23?,25-/m1/s1. The van der Waals surface area contributed by atoms with Crippen LogP contribution in [0.4, 0.5) is 9.18 Å². The number of cyclic esters (lactones) is 1. The van der Waals surface area contributed by atoms with Crippen LogP contribution in [-0.2, 0) is 16.0 Å². The second-order valence-electron chi connectivity index (χ2n) is 10.9. The third-order valence-electron chi connectivity index (χ3n) is 8.84. The van der Waals surface area contributed by atoms with Crippen molar-refractivity contribution in [3.05, 3.63) is 77.7 Å². The van der Waals surface area contributed by atoms with E-state index in [1.165, 1.54) is 16.5 Å². The average Bonchev–Trinajstić information content (AvgIpc) is 3.57. The SMILES string of the molecule is C[C@@H](C(=O)N1C(=O)OC[C@H]1Cc1ccccc1)C1C[C@H]2CC(c3ccnc4ccc(F)cc34)C[C@H]2C1. The van der Waals surface area contributed by atoms with Gasteiger partial charge < -0.3 is 4.74 Å². The highest BCUT2D eigenvalue weighted by atomic mass is 19.1. The fourth-order valence-electron chi connectivity index (χ4n) is 7.01. The number of halogens is 1. The van der Waals surface area contributed by atoms with E-state index in [0.29, 0.717) is 24.2 Å². The van der Waals surface area contributed by atoms with Gasteiger partial charge in [-0.2, -0.15) is 0 Å². The third-order valence-corrected chi connectivity index (χ3v) is 8.84. The second kappa shape index (κ2) is 9.30. The molecule has 2 unspecified atom stereocenters. The van der Waals surface area contributed by atoms with E-state index in [-0.39, 0.29) is 36.2 Å². The molecule has 0 spiro atoms. The molecule has 0 bridgehead atoms. The fourth-order valence-corrected chi connectivity index (χ4v) is 7.01. The van der Waals surface area contributed by atoms with Crippen LogP contribution < -0.4 is 0 Å². The fraction of sp³-hybridized carbons (Fsp3) is 0.433. The van der Waals surface area contributed by atoms with Gasteiger partial charge in [0, 0.05) is 17.5 Å². The van der Waals surface area contributed by atoms with E-state index in [9.17, 15) is 14.0 Å².